The van der Waals surface area contributed by atoms with Gasteiger partial charge in [0.2, 0.25) is 0 Å². The minimum Gasteiger partial charge on any atom is -0.399 e. The van der Waals surface area contributed by atoms with Gasteiger partial charge in [-0.25, -0.2) is 0 Å². The molecule has 0 aliphatic carbocycles. The molecule has 12 heavy (non-hydrogen) atoms. The average Bonchev–Trinajstić information content (AvgIpc) is 2.08. The summed E-state index contributed by atoms with van der Waals surface area (Å²) >= 11 is 0. The Morgan fingerprint density at radius 3 is 2.58 bits per heavy atom. The largest absolute Gasteiger partial charge is 0.399 e. The minimum atomic E-state index is -0.0794. The van der Waals surface area contributed by atoms with E-state index in [9.17, 15) is 0 Å². The molecule has 3 nitrogen and oxygen atoms in total. The highest BCUT2D eigenvalue weighted by Gasteiger charge is 2.03. The van der Waals surface area contributed by atoms with E-state index < -0.39 is 0 Å². The van der Waals surface area contributed by atoms with E-state index >= 15 is 0 Å². The number of rotatable bonds is 2. The van der Waals surface area contributed by atoms with Crippen molar-refractivity contribution in [3.63, 3.8) is 0 Å². The highest BCUT2D eigenvalue weighted by atomic mass is 14.7. The normalized spacial score (nSPS) is 12.9. The Bertz CT molecular complexity index is 270. The van der Waals surface area contributed by atoms with Crippen molar-refractivity contribution in [2.24, 2.45) is 11.5 Å². The monoisotopic (exact) mass is 165 g/mol. The van der Waals surface area contributed by atoms with Crippen LogP contribution in [0.1, 0.15) is 17.2 Å². The molecule has 0 saturated carbocycles. The fraction of sp³-hybridized carbons (Fsp3) is 0.333. The lowest BCUT2D eigenvalue weighted by atomic mass is 10.0. The second-order valence-corrected chi connectivity index (χ2v) is 2.96. The highest BCUT2D eigenvalue weighted by Crippen LogP contribution is 2.16. The summed E-state index contributed by atoms with van der Waals surface area (Å²) in [6.45, 7) is 2.42. The molecule has 0 spiro atoms. The van der Waals surface area contributed by atoms with Crippen LogP contribution in [0.4, 0.5) is 5.69 Å². The summed E-state index contributed by atoms with van der Waals surface area (Å²) in [6.07, 6.45) is 0. The van der Waals surface area contributed by atoms with E-state index in [0.717, 1.165) is 16.8 Å². The van der Waals surface area contributed by atoms with Crippen LogP contribution < -0.4 is 17.2 Å². The summed E-state index contributed by atoms with van der Waals surface area (Å²) in [6, 6.07) is 5.68. The second-order valence-electron chi connectivity index (χ2n) is 2.96. The van der Waals surface area contributed by atoms with E-state index in [-0.39, 0.29) is 6.04 Å². The first-order chi connectivity index (χ1) is 5.65. The van der Waals surface area contributed by atoms with Gasteiger partial charge in [-0.05, 0) is 24.1 Å². The van der Waals surface area contributed by atoms with Crippen LogP contribution in [-0.4, -0.2) is 6.54 Å². The van der Waals surface area contributed by atoms with Gasteiger partial charge in [-0.3, -0.25) is 0 Å². The molecule has 0 aliphatic rings. The maximum absolute atomic E-state index is 5.75. The van der Waals surface area contributed by atoms with Crippen molar-refractivity contribution in [3.05, 3.63) is 29.3 Å². The molecule has 1 rings (SSSR count). The van der Waals surface area contributed by atoms with Crippen LogP contribution in [0, 0.1) is 6.92 Å². The summed E-state index contributed by atoms with van der Waals surface area (Å²) in [7, 11) is 0. The van der Waals surface area contributed by atoms with E-state index in [2.05, 4.69) is 0 Å². The third kappa shape index (κ3) is 1.75. The van der Waals surface area contributed by atoms with Crippen LogP contribution in [-0.2, 0) is 0 Å². The van der Waals surface area contributed by atoms with Crippen LogP contribution in [0.15, 0.2) is 18.2 Å². The first-order valence-corrected chi connectivity index (χ1v) is 3.97. The number of anilines is 1. The molecule has 1 aromatic rings. The molecule has 0 heterocycles. The van der Waals surface area contributed by atoms with E-state index in [4.69, 9.17) is 17.2 Å². The predicted molar refractivity (Wildman–Crippen MR) is 51.6 cm³/mol. The van der Waals surface area contributed by atoms with Gasteiger partial charge in [-0.1, -0.05) is 12.1 Å². The van der Waals surface area contributed by atoms with Crippen molar-refractivity contribution in [2.45, 2.75) is 13.0 Å². The number of hydrogen-bond acceptors (Lipinski definition) is 3. The fourth-order valence-electron chi connectivity index (χ4n) is 1.07. The Morgan fingerprint density at radius 1 is 1.42 bits per heavy atom. The van der Waals surface area contributed by atoms with Gasteiger partial charge < -0.3 is 17.2 Å². The summed E-state index contributed by atoms with van der Waals surface area (Å²) in [4.78, 5) is 0. The number of hydrogen-bond donors (Lipinski definition) is 3. The van der Waals surface area contributed by atoms with Crippen LogP contribution in [0.2, 0.25) is 0 Å². The molecule has 6 N–H and O–H groups in total. The van der Waals surface area contributed by atoms with Crippen LogP contribution >= 0.6 is 0 Å². The molecule has 1 aromatic carbocycles. The summed E-state index contributed by atoms with van der Waals surface area (Å²) in [5, 5.41) is 0. The van der Waals surface area contributed by atoms with Gasteiger partial charge in [0.1, 0.15) is 0 Å². The zero-order valence-corrected chi connectivity index (χ0v) is 7.25. The van der Waals surface area contributed by atoms with Crippen molar-refractivity contribution in [2.75, 3.05) is 12.3 Å². The van der Waals surface area contributed by atoms with Gasteiger partial charge in [-0.15, -0.1) is 0 Å². The lowest BCUT2D eigenvalue weighted by Crippen LogP contribution is -2.20. The SMILES string of the molecule is Cc1cc([C@@H](N)CN)ccc1N. The maximum atomic E-state index is 5.75. The van der Waals surface area contributed by atoms with Gasteiger partial charge in [0.25, 0.3) is 0 Å². The third-order valence-corrected chi connectivity index (χ3v) is 1.98. The molecule has 0 amide bonds. The Hall–Kier alpha value is -1.06. The van der Waals surface area contributed by atoms with Gasteiger partial charge in [0.15, 0.2) is 0 Å². The Kier molecular flexibility index (Phi) is 2.68. The molecule has 1 atom stereocenters. The zero-order chi connectivity index (χ0) is 9.14. The first kappa shape index (κ1) is 9.03. The van der Waals surface area contributed by atoms with E-state index in [1.165, 1.54) is 0 Å². The Morgan fingerprint density at radius 2 is 2.08 bits per heavy atom. The molecular formula is C9H15N3. The fourth-order valence-corrected chi connectivity index (χ4v) is 1.07. The highest BCUT2D eigenvalue weighted by molar-refractivity contribution is 5.48. The number of aryl methyl sites for hydroxylation is 1. The van der Waals surface area contributed by atoms with Crippen LogP contribution in [0.5, 0.6) is 0 Å². The zero-order valence-electron chi connectivity index (χ0n) is 7.25. The lowest BCUT2D eigenvalue weighted by Gasteiger charge is -2.10. The Labute approximate surface area is 72.5 Å². The number of nitrogens with two attached hydrogens (primary N) is 3. The minimum absolute atomic E-state index is 0.0794. The molecule has 3 heteroatoms. The van der Waals surface area contributed by atoms with Gasteiger partial charge in [0.05, 0.1) is 0 Å². The first-order valence-electron chi connectivity index (χ1n) is 3.97. The van der Waals surface area contributed by atoms with E-state index in [0.29, 0.717) is 6.54 Å². The molecule has 0 bridgehead atoms. The van der Waals surface area contributed by atoms with E-state index in [1.807, 2.05) is 25.1 Å². The van der Waals surface area contributed by atoms with Crippen molar-refractivity contribution in [3.8, 4) is 0 Å². The van der Waals surface area contributed by atoms with Crippen molar-refractivity contribution < 1.29 is 0 Å². The molecule has 0 unspecified atom stereocenters. The molecule has 0 fully saturated rings. The quantitative estimate of drug-likeness (QED) is 0.559. The molecule has 0 aliphatic heterocycles. The van der Waals surface area contributed by atoms with Crippen LogP contribution in [0.25, 0.3) is 0 Å². The van der Waals surface area contributed by atoms with Crippen LogP contribution in [0.3, 0.4) is 0 Å². The predicted octanol–water partition coefficient (Wildman–Crippen LogP) is 0.536. The molecule has 66 valence electrons. The molecular weight excluding hydrogens is 150 g/mol. The summed E-state index contributed by atoms with van der Waals surface area (Å²) < 4.78 is 0. The number of nitrogen functional groups attached to an aromatic ring is 1. The molecule has 0 aromatic heterocycles. The maximum Gasteiger partial charge on any atom is 0.0419 e. The molecule has 0 radical (unpaired) electrons. The van der Waals surface area contributed by atoms with Crippen molar-refractivity contribution in [1.82, 2.24) is 0 Å². The Balaban J connectivity index is 2.96. The summed E-state index contributed by atoms with van der Waals surface area (Å²) in [5.41, 5.74) is 19.7. The van der Waals surface area contributed by atoms with Crippen molar-refractivity contribution in [1.29, 1.82) is 0 Å². The second kappa shape index (κ2) is 3.56. The van der Waals surface area contributed by atoms with E-state index in [1.54, 1.807) is 0 Å². The topological polar surface area (TPSA) is 78.1 Å². The van der Waals surface area contributed by atoms with Gasteiger partial charge in [0, 0.05) is 18.3 Å². The standard InChI is InChI=1S/C9H15N3/c1-6-4-7(9(12)5-10)2-3-8(6)11/h2-4,9H,5,10-12H2,1H3/t9-/m0/s1. The molecule has 0 saturated heterocycles. The van der Waals surface area contributed by atoms with Gasteiger partial charge >= 0.3 is 0 Å². The van der Waals surface area contributed by atoms with Crippen molar-refractivity contribution >= 4 is 5.69 Å². The lowest BCUT2D eigenvalue weighted by molar-refractivity contribution is 0.736. The third-order valence-electron chi connectivity index (χ3n) is 1.98. The smallest absolute Gasteiger partial charge is 0.0419 e. The van der Waals surface area contributed by atoms with Gasteiger partial charge in [-0.2, -0.15) is 0 Å². The summed E-state index contributed by atoms with van der Waals surface area (Å²) in [5.74, 6) is 0. The number of benzene rings is 1. The average molecular weight is 165 g/mol.